The molecule has 0 saturated heterocycles. The van der Waals surface area contributed by atoms with Crippen LogP contribution >= 0.6 is 46.6 Å². The molecule has 1 aliphatic carbocycles. The van der Waals surface area contributed by atoms with Gasteiger partial charge >= 0.3 is 24.1 Å². The molecule has 0 unspecified atom stereocenters. The Morgan fingerprint density at radius 1 is 0.864 bits per heavy atom. The second kappa shape index (κ2) is 16.1. The Morgan fingerprint density at radius 3 is 1.93 bits per heavy atom. The number of alkyl halides is 3. The molecule has 0 aliphatic heterocycles. The van der Waals surface area contributed by atoms with Crippen LogP contribution in [-0.2, 0) is 23.8 Å². The molecule has 240 valence electrons. The van der Waals surface area contributed by atoms with Crippen LogP contribution in [0.3, 0.4) is 0 Å². The maximum absolute atomic E-state index is 12.8. The Hall–Kier alpha value is -2.64. The minimum absolute atomic E-state index is 0.0188. The number of alkyl carbamates (subject to hydrolysis) is 2. The lowest BCUT2D eigenvalue weighted by Gasteiger charge is -2.21. The summed E-state index contributed by atoms with van der Waals surface area (Å²) in [4.78, 5) is 49.6. The van der Waals surface area contributed by atoms with E-state index in [9.17, 15) is 24.3 Å². The summed E-state index contributed by atoms with van der Waals surface area (Å²) in [5.74, 6) is -2.42. The summed E-state index contributed by atoms with van der Waals surface area (Å²) in [6.07, 6.45) is -1.91. The van der Waals surface area contributed by atoms with E-state index in [1.807, 2.05) is 48.5 Å². The number of hydrogen-bond donors (Lipinski definition) is 3. The third-order valence-corrected chi connectivity index (χ3v) is 9.71. The Morgan fingerprint density at radius 2 is 1.39 bits per heavy atom. The topological polar surface area (TPSA) is 140 Å². The standard InChI is InChI=1S/C29H35Cl3N2O8SSi/c1-44(2,3)13-12-40-26(37)24(34-28(39)42-17-29(30,31)32)16-43-15-23(25(35)36)33-27(38)41-14-22-20-10-6-4-8-18(20)19-9-5-7-11-21(19)22/h4-11,22-24H,12-17H2,1-3H3,(H,33,38)(H,34,39)(H,35,36)/t23-,24+/m0/s1. The van der Waals surface area contributed by atoms with Crippen LogP contribution < -0.4 is 10.6 Å². The Bertz CT molecular complexity index is 1290. The van der Waals surface area contributed by atoms with Crippen molar-refractivity contribution in [2.75, 3.05) is 31.3 Å². The quantitative estimate of drug-likeness (QED) is 0.0927. The molecule has 0 bridgehead atoms. The van der Waals surface area contributed by atoms with Gasteiger partial charge in [-0.1, -0.05) is 103 Å². The van der Waals surface area contributed by atoms with Crippen molar-refractivity contribution < 1.29 is 38.5 Å². The zero-order chi connectivity index (χ0) is 32.5. The van der Waals surface area contributed by atoms with Gasteiger partial charge in [0.25, 0.3) is 0 Å². The number of carboxylic acids is 1. The molecule has 3 rings (SSSR count). The van der Waals surface area contributed by atoms with Crippen molar-refractivity contribution in [3.05, 3.63) is 59.7 Å². The first kappa shape index (κ1) is 35.8. The number of carbonyl (C=O) groups excluding carboxylic acids is 3. The van der Waals surface area contributed by atoms with E-state index in [4.69, 9.17) is 49.0 Å². The number of nitrogens with one attached hydrogen (secondary N) is 2. The first-order chi connectivity index (χ1) is 20.6. The molecule has 44 heavy (non-hydrogen) atoms. The van der Waals surface area contributed by atoms with Crippen LogP contribution in [0.4, 0.5) is 9.59 Å². The number of fused-ring (bicyclic) bond motifs is 3. The molecule has 0 spiro atoms. The molecule has 0 radical (unpaired) electrons. The van der Waals surface area contributed by atoms with Crippen molar-refractivity contribution >= 4 is 78.8 Å². The zero-order valence-corrected chi connectivity index (χ0v) is 28.5. The van der Waals surface area contributed by atoms with Crippen molar-refractivity contribution in [1.29, 1.82) is 0 Å². The summed E-state index contributed by atoms with van der Waals surface area (Å²) in [6.45, 7) is 5.99. The van der Waals surface area contributed by atoms with Gasteiger partial charge in [-0.15, -0.1) is 0 Å². The fraction of sp³-hybridized carbons (Fsp3) is 0.448. The van der Waals surface area contributed by atoms with E-state index in [0.29, 0.717) is 6.04 Å². The highest BCUT2D eigenvalue weighted by Gasteiger charge is 2.31. The van der Waals surface area contributed by atoms with E-state index in [-0.39, 0.29) is 30.6 Å². The highest BCUT2D eigenvalue weighted by atomic mass is 35.6. The summed E-state index contributed by atoms with van der Waals surface area (Å²) in [6, 6.07) is 13.9. The zero-order valence-electron chi connectivity index (χ0n) is 24.4. The lowest BCUT2D eigenvalue weighted by molar-refractivity contribution is -0.144. The van der Waals surface area contributed by atoms with Gasteiger partial charge in [-0.25, -0.2) is 19.2 Å². The number of halogens is 3. The predicted molar refractivity (Wildman–Crippen MR) is 175 cm³/mol. The first-order valence-corrected chi connectivity index (χ1v) is 19.7. The van der Waals surface area contributed by atoms with Crippen LogP contribution in [-0.4, -0.2) is 84.5 Å². The first-order valence-electron chi connectivity index (χ1n) is 13.7. The van der Waals surface area contributed by atoms with Gasteiger partial charge in [0, 0.05) is 25.5 Å². The Labute approximate surface area is 276 Å². The number of hydrogen-bond acceptors (Lipinski definition) is 8. The second-order valence-electron chi connectivity index (χ2n) is 11.3. The fourth-order valence-corrected chi connectivity index (χ4v) is 6.25. The number of ether oxygens (including phenoxy) is 3. The molecule has 2 atom stereocenters. The van der Waals surface area contributed by atoms with E-state index in [1.165, 1.54) is 0 Å². The van der Waals surface area contributed by atoms with Crippen molar-refractivity contribution in [3.8, 4) is 11.1 Å². The number of benzene rings is 2. The van der Waals surface area contributed by atoms with Crippen molar-refractivity contribution in [2.24, 2.45) is 0 Å². The van der Waals surface area contributed by atoms with Crippen molar-refractivity contribution in [2.45, 2.75) is 47.5 Å². The lowest BCUT2D eigenvalue weighted by Crippen LogP contribution is -2.46. The molecule has 0 saturated carbocycles. The number of amides is 2. The summed E-state index contributed by atoms with van der Waals surface area (Å²) in [5.41, 5.74) is 4.18. The highest BCUT2D eigenvalue weighted by Crippen LogP contribution is 2.44. The molecule has 3 N–H and O–H groups in total. The number of thioether (sulfide) groups is 1. The smallest absolute Gasteiger partial charge is 0.408 e. The number of carboxylic acid groups (broad SMARTS) is 1. The van der Waals surface area contributed by atoms with Crippen LogP contribution in [0.5, 0.6) is 0 Å². The Kier molecular flexibility index (Phi) is 13.1. The van der Waals surface area contributed by atoms with Gasteiger partial charge in [0.15, 0.2) is 0 Å². The van der Waals surface area contributed by atoms with Crippen LogP contribution in [0.25, 0.3) is 11.1 Å². The molecule has 1 aliphatic rings. The minimum atomic E-state index is -1.85. The Balaban J connectivity index is 1.56. The number of aliphatic carboxylic acids is 1. The molecule has 2 aromatic carbocycles. The van der Waals surface area contributed by atoms with Crippen molar-refractivity contribution in [3.63, 3.8) is 0 Å². The van der Waals surface area contributed by atoms with Crippen LogP contribution in [0.2, 0.25) is 25.7 Å². The lowest BCUT2D eigenvalue weighted by atomic mass is 9.98. The number of esters is 1. The van der Waals surface area contributed by atoms with Gasteiger partial charge in [0.1, 0.15) is 25.3 Å². The number of carbonyl (C=O) groups is 4. The highest BCUT2D eigenvalue weighted by molar-refractivity contribution is 7.99. The maximum atomic E-state index is 12.8. The summed E-state index contributed by atoms with van der Waals surface area (Å²) >= 11 is 17.9. The van der Waals surface area contributed by atoms with E-state index in [2.05, 4.69) is 30.3 Å². The van der Waals surface area contributed by atoms with Gasteiger partial charge in [-0.2, -0.15) is 11.8 Å². The van der Waals surface area contributed by atoms with Gasteiger partial charge in [-0.3, -0.25) is 0 Å². The van der Waals surface area contributed by atoms with Gasteiger partial charge in [0.2, 0.25) is 3.79 Å². The van der Waals surface area contributed by atoms with E-state index in [0.717, 1.165) is 34.0 Å². The van der Waals surface area contributed by atoms with Gasteiger partial charge in [-0.05, 0) is 28.3 Å². The second-order valence-corrected chi connectivity index (χ2v) is 20.5. The van der Waals surface area contributed by atoms with E-state index in [1.54, 1.807) is 0 Å². The van der Waals surface area contributed by atoms with Gasteiger partial charge < -0.3 is 30.0 Å². The fourth-order valence-electron chi connectivity index (χ4n) is 4.32. The summed E-state index contributed by atoms with van der Waals surface area (Å²) < 4.78 is 13.8. The third-order valence-electron chi connectivity index (χ3n) is 6.54. The molecule has 15 heteroatoms. The van der Waals surface area contributed by atoms with E-state index >= 15 is 0 Å². The molecule has 0 heterocycles. The monoisotopic (exact) mass is 704 g/mol. The van der Waals surface area contributed by atoms with Crippen molar-refractivity contribution in [1.82, 2.24) is 10.6 Å². The average molecular weight is 706 g/mol. The van der Waals surface area contributed by atoms with Crippen LogP contribution in [0.15, 0.2) is 48.5 Å². The molecule has 2 aromatic rings. The molecular formula is C29H35Cl3N2O8SSi. The molecule has 0 fully saturated rings. The minimum Gasteiger partial charge on any atom is -0.480 e. The molecule has 0 aromatic heterocycles. The predicted octanol–water partition coefficient (Wildman–Crippen LogP) is 6.06. The largest absolute Gasteiger partial charge is 0.480 e. The maximum Gasteiger partial charge on any atom is 0.408 e. The number of rotatable bonds is 14. The van der Waals surface area contributed by atoms with Crippen LogP contribution in [0.1, 0.15) is 17.0 Å². The molecular weight excluding hydrogens is 671 g/mol. The van der Waals surface area contributed by atoms with E-state index < -0.39 is 54.7 Å². The van der Waals surface area contributed by atoms with Gasteiger partial charge in [0.05, 0.1) is 6.61 Å². The van der Waals surface area contributed by atoms with Crippen LogP contribution in [0, 0.1) is 0 Å². The summed E-state index contributed by atoms with van der Waals surface area (Å²) in [7, 11) is -1.50. The normalized spacial score (nSPS) is 14.0. The average Bonchev–Trinajstić information content (AvgIpc) is 3.26. The molecule has 2 amide bonds. The molecule has 10 nitrogen and oxygen atoms in total. The summed E-state index contributed by atoms with van der Waals surface area (Å²) in [5, 5.41) is 14.5. The third kappa shape index (κ3) is 11.4. The SMILES string of the molecule is C[Si](C)(C)CCOC(=O)[C@@H](CSC[C@H](NC(=O)OCC1c2ccccc2-c2ccccc21)C(=O)O)NC(=O)OCC(Cl)(Cl)Cl.